The first-order valence-electron chi connectivity index (χ1n) is 12.3. The van der Waals surface area contributed by atoms with Gasteiger partial charge in [-0.3, -0.25) is 4.90 Å². The van der Waals surface area contributed by atoms with E-state index in [2.05, 4.69) is 55.5 Å². The van der Waals surface area contributed by atoms with Crippen molar-refractivity contribution in [2.45, 2.75) is 33.4 Å². The van der Waals surface area contributed by atoms with Crippen LogP contribution in [0.2, 0.25) is 0 Å². The van der Waals surface area contributed by atoms with E-state index in [0.29, 0.717) is 23.4 Å². The molecule has 0 radical (unpaired) electrons. The number of hydrogen-bond acceptors (Lipinski definition) is 6. The van der Waals surface area contributed by atoms with Gasteiger partial charge in [0.05, 0.1) is 17.2 Å². The number of benzene rings is 2. The Morgan fingerprint density at radius 1 is 0.972 bits per heavy atom. The molecule has 5 rings (SSSR count). The number of aromatic nitrogens is 4. The number of aryl methyl sites for hydroxylation is 1. The fraction of sp³-hybridized carbons (Fsp3) is 0.370. The van der Waals surface area contributed by atoms with E-state index in [1.54, 1.807) is 18.2 Å². The maximum atomic E-state index is 14.9. The summed E-state index contributed by atoms with van der Waals surface area (Å²) in [5.41, 5.74) is 3.74. The standard InChI is InChI=1S/C27H31F2N7/c1-17(2)36-18(3)31-24-8-6-19(13-25(24)36)26-23(29)15-30-27(33-26)32-21-7-5-20(22(28)14-21)16-35-11-9-34(4)10-12-35/h5-8,13-15,17H,9-12,16H2,1-4H3,(H,30,32,33). The lowest BCUT2D eigenvalue weighted by molar-refractivity contribution is 0.147. The van der Waals surface area contributed by atoms with Crippen molar-refractivity contribution in [2.24, 2.45) is 0 Å². The van der Waals surface area contributed by atoms with Gasteiger partial charge in [0.15, 0.2) is 5.82 Å². The minimum absolute atomic E-state index is 0.177. The summed E-state index contributed by atoms with van der Waals surface area (Å²) in [5, 5.41) is 3.02. The van der Waals surface area contributed by atoms with Crippen molar-refractivity contribution in [3.63, 3.8) is 0 Å². The zero-order chi connectivity index (χ0) is 25.4. The first-order valence-corrected chi connectivity index (χ1v) is 12.3. The van der Waals surface area contributed by atoms with Crippen molar-refractivity contribution in [1.82, 2.24) is 29.3 Å². The maximum absolute atomic E-state index is 14.9. The van der Waals surface area contributed by atoms with Gasteiger partial charge in [-0.05, 0) is 52.1 Å². The number of imidazole rings is 1. The quantitative estimate of drug-likeness (QED) is 0.402. The van der Waals surface area contributed by atoms with Crippen molar-refractivity contribution in [3.8, 4) is 11.3 Å². The van der Waals surface area contributed by atoms with E-state index in [0.717, 1.165) is 49.2 Å². The second-order valence-corrected chi connectivity index (χ2v) is 9.73. The molecule has 1 aliphatic heterocycles. The molecule has 2 aromatic carbocycles. The minimum atomic E-state index is -0.527. The molecule has 36 heavy (non-hydrogen) atoms. The first kappa shape index (κ1) is 24.3. The minimum Gasteiger partial charge on any atom is -0.326 e. The highest BCUT2D eigenvalue weighted by atomic mass is 19.1. The average molecular weight is 492 g/mol. The molecule has 188 valence electrons. The van der Waals surface area contributed by atoms with E-state index < -0.39 is 5.82 Å². The fourth-order valence-electron chi connectivity index (χ4n) is 4.77. The zero-order valence-corrected chi connectivity index (χ0v) is 21.1. The van der Waals surface area contributed by atoms with E-state index in [9.17, 15) is 8.78 Å². The largest absolute Gasteiger partial charge is 0.326 e. The van der Waals surface area contributed by atoms with E-state index >= 15 is 0 Å². The Kier molecular flexibility index (Phi) is 6.68. The highest BCUT2D eigenvalue weighted by Gasteiger charge is 2.17. The number of fused-ring (bicyclic) bond motifs is 1. The Morgan fingerprint density at radius 3 is 2.47 bits per heavy atom. The molecule has 7 nitrogen and oxygen atoms in total. The Hall–Kier alpha value is -3.43. The number of nitrogens with one attached hydrogen (secondary N) is 1. The lowest BCUT2D eigenvalue weighted by Crippen LogP contribution is -2.44. The van der Waals surface area contributed by atoms with Crippen molar-refractivity contribution >= 4 is 22.7 Å². The molecule has 0 amide bonds. The predicted molar refractivity (Wildman–Crippen MR) is 138 cm³/mol. The molecule has 0 bridgehead atoms. The topological polar surface area (TPSA) is 62.1 Å². The molecule has 1 aliphatic rings. The number of halogens is 2. The third-order valence-electron chi connectivity index (χ3n) is 6.70. The van der Waals surface area contributed by atoms with Gasteiger partial charge >= 0.3 is 0 Å². The molecule has 1 saturated heterocycles. The molecule has 1 N–H and O–H groups in total. The monoisotopic (exact) mass is 491 g/mol. The summed E-state index contributed by atoms with van der Waals surface area (Å²) in [5.74, 6) is 0.289. The van der Waals surface area contributed by atoms with Gasteiger partial charge in [-0.1, -0.05) is 12.1 Å². The zero-order valence-electron chi connectivity index (χ0n) is 21.1. The van der Waals surface area contributed by atoms with Crippen LogP contribution in [-0.4, -0.2) is 62.5 Å². The summed E-state index contributed by atoms with van der Waals surface area (Å²) in [4.78, 5) is 17.6. The van der Waals surface area contributed by atoms with Gasteiger partial charge in [-0.25, -0.2) is 23.7 Å². The van der Waals surface area contributed by atoms with Crippen LogP contribution in [0.5, 0.6) is 0 Å². The maximum Gasteiger partial charge on any atom is 0.227 e. The van der Waals surface area contributed by atoms with Gasteiger partial charge in [0, 0.05) is 55.6 Å². The Bertz CT molecular complexity index is 1390. The van der Waals surface area contributed by atoms with Crippen LogP contribution in [0.25, 0.3) is 22.3 Å². The normalized spacial score (nSPS) is 15.2. The van der Waals surface area contributed by atoms with Gasteiger partial charge in [-0.2, -0.15) is 0 Å². The van der Waals surface area contributed by atoms with Gasteiger partial charge in [0.2, 0.25) is 5.95 Å². The van der Waals surface area contributed by atoms with Crippen LogP contribution in [0, 0.1) is 18.6 Å². The van der Waals surface area contributed by atoms with E-state index in [4.69, 9.17) is 0 Å². The summed E-state index contributed by atoms with van der Waals surface area (Å²) < 4.78 is 31.8. The van der Waals surface area contributed by atoms with E-state index in [1.807, 2.05) is 19.1 Å². The molecule has 0 spiro atoms. The predicted octanol–water partition coefficient (Wildman–Crippen LogP) is 5.15. The smallest absolute Gasteiger partial charge is 0.227 e. The van der Waals surface area contributed by atoms with Crippen LogP contribution in [0.15, 0.2) is 42.6 Å². The van der Waals surface area contributed by atoms with Crippen LogP contribution in [0.3, 0.4) is 0 Å². The fourth-order valence-corrected chi connectivity index (χ4v) is 4.77. The highest BCUT2D eigenvalue weighted by molar-refractivity contribution is 5.82. The van der Waals surface area contributed by atoms with Crippen LogP contribution in [0.4, 0.5) is 20.4 Å². The average Bonchev–Trinajstić information content (AvgIpc) is 3.18. The van der Waals surface area contributed by atoms with E-state index in [1.165, 1.54) is 6.07 Å². The van der Waals surface area contributed by atoms with E-state index in [-0.39, 0.29) is 23.5 Å². The Balaban J connectivity index is 1.37. The Labute approximate surface area is 209 Å². The number of anilines is 2. The molecule has 3 heterocycles. The lowest BCUT2D eigenvalue weighted by atomic mass is 10.1. The number of nitrogens with zero attached hydrogens (tertiary/aromatic N) is 6. The molecular formula is C27H31F2N7. The van der Waals surface area contributed by atoms with Crippen LogP contribution in [-0.2, 0) is 6.54 Å². The molecule has 2 aromatic heterocycles. The third-order valence-corrected chi connectivity index (χ3v) is 6.70. The van der Waals surface area contributed by atoms with Crippen molar-refractivity contribution in [1.29, 1.82) is 0 Å². The highest BCUT2D eigenvalue weighted by Crippen LogP contribution is 2.29. The molecule has 1 fully saturated rings. The van der Waals surface area contributed by atoms with Crippen LogP contribution in [0.1, 0.15) is 31.3 Å². The van der Waals surface area contributed by atoms with Crippen LogP contribution >= 0.6 is 0 Å². The molecule has 0 unspecified atom stereocenters. The Morgan fingerprint density at radius 2 is 1.75 bits per heavy atom. The summed E-state index contributed by atoms with van der Waals surface area (Å²) in [6.07, 6.45) is 1.14. The second-order valence-electron chi connectivity index (χ2n) is 9.73. The SMILES string of the molecule is Cc1nc2ccc(-c3nc(Nc4ccc(CN5CCN(C)CC5)c(F)c4)ncc3F)cc2n1C(C)C. The molecule has 0 aliphatic carbocycles. The summed E-state index contributed by atoms with van der Waals surface area (Å²) in [6.45, 7) is 10.5. The molecule has 4 aromatic rings. The third kappa shape index (κ3) is 4.94. The second kappa shape index (κ2) is 9.91. The number of hydrogen-bond donors (Lipinski definition) is 1. The summed E-state index contributed by atoms with van der Waals surface area (Å²) in [6, 6.07) is 10.8. The van der Waals surface area contributed by atoms with Gasteiger partial charge in [0.25, 0.3) is 0 Å². The summed E-state index contributed by atoms with van der Waals surface area (Å²) >= 11 is 0. The number of piperazine rings is 1. The van der Waals surface area contributed by atoms with Crippen molar-refractivity contribution < 1.29 is 8.78 Å². The molecular weight excluding hydrogens is 460 g/mol. The van der Waals surface area contributed by atoms with Crippen molar-refractivity contribution in [3.05, 3.63) is 65.6 Å². The van der Waals surface area contributed by atoms with Crippen LogP contribution < -0.4 is 5.32 Å². The van der Waals surface area contributed by atoms with Gasteiger partial charge in [-0.15, -0.1) is 0 Å². The molecule has 0 atom stereocenters. The number of likely N-dealkylation sites (N-methyl/N-ethyl adjacent to an activating group) is 1. The molecule has 0 saturated carbocycles. The molecule has 9 heteroatoms. The lowest BCUT2D eigenvalue weighted by Gasteiger charge is -2.32. The van der Waals surface area contributed by atoms with Crippen molar-refractivity contribution in [2.75, 3.05) is 38.5 Å². The summed E-state index contributed by atoms with van der Waals surface area (Å²) in [7, 11) is 2.10. The number of rotatable bonds is 6. The first-order chi connectivity index (χ1) is 17.3. The van der Waals surface area contributed by atoms with Gasteiger partial charge in [0.1, 0.15) is 17.3 Å². The van der Waals surface area contributed by atoms with Gasteiger partial charge < -0.3 is 14.8 Å².